The van der Waals surface area contributed by atoms with Crippen molar-refractivity contribution in [2.24, 2.45) is 0 Å². The smallest absolute Gasteiger partial charge is 0.413 e. The van der Waals surface area contributed by atoms with Crippen LogP contribution in [0, 0.1) is 0 Å². The molecule has 0 unspecified atom stereocenters. The van der Waals surface area contributed by atoms with Crippen LogP contribution in [0.1, 0.15) is 33.6 Å². The molecule has 1 saturated heterocycles. The fourth-order valence-corrected chi connectivity index (χ4v) is 5.31. The maximum atomic E-state index is 12.7. The first-order chi connectivity index (χ1) is 16.8. The number of aromatic nitrogens is 1. The summed E-state index contributed by atoms with van der Waals surface area (Å²) in [5, 5.41) is 11.6. The lowest BCUT2D eigenvalue weighted by Gasteiger charge is -2.46. The Morgan fingerprint density at radius 1 is 1.11 bits per heavy atom. The number of benzene rings is 2. The maximum absolute atomic E-state index is 12.7. The van der Waals surface area contributed by atoms with E-state index in [-0.39, 0.29) is 36.7 Å². The van der Waals surface area contributed by atoms with Gasteiger partial charge in [0, 0.05) is 5.92 Å². The second-order valence-corrected chi connectivity index (χ2v) is 9.80. The minimum atomic E-state index is -1.05. The zero-order valence-electron chi connectivity index (χ0n) is 18.9. The van der Waals surface area contributed by atoms with Crippen LogP contribution in [0.3, 0.4) is 0 Å². The van der Waals surface area contributed by atoms with Gasteiger partial charge in [0.05, 0.1) is 19.3 Å². The Morgan fingerprint density at radius 2 is 1.74 bits per heavy atom. The molecular weight excluding hydrogens is 470 g/mol. The summed E-state index contributed by atoms with van der Waals surface area (Å²) in [4.78, 5) is 41.8. The number of thiazole rings is 1. The first-order valence-electron chi connectivity index (χ1n) is 11.1. The van der Waals surface area contributed by atoms with E-state index in [4.69, 9.17) is 14.6 Å². The highest BCUT2D eigenvalue weighted by Crippen LogP contribution is 2.44. The van der Waals surface area contributed by atoms with E-state index in [1.165, 1.54) is 6.20 Å². The number of aliphatic carboxylic acids is 1. The molecule has 2 amide bonds. The van der Waals surface area contributed by atoms with Crippen molar-refractivity contribution in [3.05, 3.63) is 70.7 Å². The Hall–Kier alpha value is -3.76. The number of likely N-dealkylation sites (tertiary alicyclic amines) is 1. The van der Waals surface area contributed by atoms with E-state index < -0.39 is 24.3 Å². The number of hydrogen-bond acceptors (Lipinski definition) is 7. The number of carbonyl (C=O) groups excluding carboxylic acids is 2. The zero-order valence-corrected chi connectivity index (χ0v) is 19.7. The van der Waals surface area contributed by atoms with Gasteiger partial charge in [-0.05, 0) is 29.2 Å². The van der Waals surface area contributed by atoms with Gasteiger partial charge >= 0.3 is 12.1 Å². The Bertz CT molecular complexity index is 1250. The van der Waals surface area contributed by atoms with E-state index in [1.54, 1.807) is 11.8 Å². The van der Waals surface area contributed by atoms with E-state index in [2.05, 4.69) is 22.4 Å². The molecule has 10 heteroatoms. The minimum absolute atomic E-state index is 0.0503. The first-order valence-corrected chi connectivity index (χ1v) is 11.9. The first kappa shape index (κ1) is 23.0. The lowest BCUT2D eigenvalue weighted by atomic mass is 9.96. The van der Waals surface area contributed by atoms with Crippen LogP contribution in [0.15, 0.2) is 54.7 Å². The number of amides is 2. The molecule has 2 N–H and O–H groups in total. The molecule has 1 aliphatic heterocycles. The molecule has 2 aliphatic rings. The van der Waals surface area contributed by atoms with E-state index in [0.717, 1.165) is 33.6 Å². The van der Waals surface area contributed by atoms with E-state index >= 15 is 0 Å². The topological polar surface area (TPSA) is 118 Å². The van der Waals surface area contributed by atoms with Gasteiger partial charge in [0.15, 0.2) is 5.13 Å². The molecule has 0 atom stereocenters. The fraction of sp³-hybridized carbons (Fsp3) is 0.280. The molecule has 2 aromatic carbocycles. The van der Waals surface area contributed by atoms with Gasteiger partial charge in [0.2, 0.25) is 0 Å². The lowest BCUT2D eigenvalue weighted by molar-refractivity contribution is -0.159. The molecule has 1 aliphatic carbocycles. The van der Waals surface area contributed by atoms with Crippen molar-refractivity contribution in [2.45, 2.75) is 18.4 Å². The second kappa shape index (κ2) is 9.12. The van der Waals surface area contributed by atoms with E-state index in [0.29, 0.717) is 4.88 Å². The number of ether oxygens (including phenoxy) is 2. The van der Waals surface area contributed by atoms with Crippen LogP contribution in [0.5, 0.6) is 0 Å². The molecule has 0 bridgehead atoms. The number of hydrogen-bond donors (Lipinski definition) is 2. The maximum Gasteiger partial charge on any atom is 0.413 e. The van der Waals surface area contributed by atoms with E-state index in [9.17, 15) is 14.4 Å². The van der Waals surface area contributed by atoms with Crippen molar-refractivity contribution in [2.75, 3.05) is 31.6 Å². The predicted molar refractivity (Wildman–Crippen MR) is 129 cm³/mol. The second-order valence-electron chi connectivity index (χ2n) is 8.77. The monoisotopic (exact) mass is 493 g/mol. The standard InChI is InChI=1S/C25H23N3O6S/c1-25(34-12-21(29)30)13-28(14-25)22(31)20-10-26-23(35-20)27-24(32)33-11-19-17-8-4-2-6-15(17)16-7-3-5-9-18(16)19/h2-10,19H,11-14H2,1H3,(H,29,30)(H,26,27,32). The number of nitrogens with one attached hydrogen (secondary N) is 1. The largest absolute Gasteiger partial charge is 0.480 e. The molecule has 0 radical (unpaired) electrons. The van der Waals surface area contributed by atoms with Gasteiger partial charge in [0.1, 0.15) is 23.7 Å². The highest BCUT2D eigenvalue weighted by molar-refractivity contribution is 7.17. The fourth-order valence-electron chi connectivity index (χ4n) is 4.54. The Morgan fingerprint density at radius 3 is 2.37 bits per heavy atom. The third-order valence-electron chi connectivity index (χ3n) is 6.15. The summed E-state index contributed by atoms with van der Waals surface area (Å²) in [6.07, 6.45) is 0.763. The van der Waals surface area contributed by atoms with Crippen molar-refractivity contribution >= 4 is 34.4 Å². The molecule has 1 fully saturated rings. The Labute approximate surface area is 205 Å². The van der Waals surface area contributed by atoms with Crippen LogP contribution >= 0.6 is 11.3 Å². The summed E-state index contributed by atoms with van der Waals surface area (Å²) in [5.74, 6) is -1.35. The van der Waals surface area contributed by atoms with Crippen LogP contribution < -0.4 is 5.32 Å². The van der Waals surface area contributed by atoms with Gasteiger partial charge in [-0.15, -0.1) is 0 Å². The van der Waals surface area contributed by atoms with Crippen molar-refractivity contribution in [1.82, 2.24) is 9.88 Å². The predicted octanol–water partition coefficient (Wildman–Crippen LogP) is 3.82. The number of anilines is 1. The van der Waals surface area contributed by atoms with Crippen molar-refractivity contribution in [1.29, 1.82) is 0 Å². The molecule has 5 rings (SSSR count). The molecular formula is C25H23N3O6S. The summed E-state index contributed by atoms with van der Waals surface area (Å²) in [6, 6.07) is 16.2. The average Bonchev–Trinajstić information content (AvgIpc) is 3.42. The highest BCUT2D eigenvalue weighted by Gasteiger charge is 2.43. The molecule has 0 spiro atoms. The average molecular weight is 494 g/mol. The summed E-state index contributed by atoms with van der Waals surface area (Å²) in [7, 11) is 0. The number of fused-ring (bicyclic) bond motifs is 3. The van der Waals surface area contributed by atoms with Gasteiger partial charge in [0.25, 0.3) is 5.91 Å². The molecule has 1 aromatic heterocycles. The number of carbonyl (C=O) groups is 3. The normalized spacial score (nSPS) is 15.6. The van der Waals surface area contributed by atoms with Crippen LogP contribution in [0.4, 0.5) is 9.93 Å². The van der Waals surface area contributed by atoms with Gasteiger partial charge in [-0.2, -0.15) is 0 Å². The van der Waals surface area contributed by atoms with Gasteiger partial charge in [-0.3, -0.25) is 10.1 Å². The van der Waals surface area contributed by atoms with Gasteiger partial charge < -0.3 is 19.5 Å². The van der Waals surface area contributed by atoms with Crippen LogP contribution in [0.25, 0.3) is 11.1 Å². The van der Waals surface area contributed by atoms with Crippen LogP contribution in [0.2, 0.25) is 0 Å². The number of rotatable bonds is 7. The van der Waals surface area contributed by atoms with Crippen molar-refractivity contribution < 1.29 is 29.0 Å². The summed E-state index contributed by atoms with van der Waals surface area (Å²) >= 11 is 1.05. The molecule has 3 aromatic rings. The molecule has 180 valence electrons. The van der Waals surface area contributed by atoms with Crippen LogP contribution in [-0.4, -0.2) is 64.9 Å². The third kappa shape index (κ3) is 4.62. The summed E-state index contributed by atoms with van der Waals surface area (Å²) in [6.45, 7) is 2.10. The number of nitrogens with zero attached hydrogens (tertiary/aromatic N) is 2. The third-order valence-corrected chi connectivity index (χ3v) is 7.05. The van der Waals surface area contributed by atoms with Crippen molar-refractivity contribution in [3.8, 4) is 11.1 Å². The van der Waals surface area contributed by atoms with E-state index in [1.807, 2.05) is 36.4 Å². The minimum Gasteiger partial charge on any atom is -0.480 e. The molecule has 2 heterocycles. The molecule has 9 nitrogen and oxygen atoms in total. The van der Waals surface area contributed by atoms with Crippen molar-refractivity contribution in [3.63, 3.8) is 0 Å². The lowest BCUT2D eigenvalue weighted by Crippen LogP contribution is -2.63. The molecule has 35 heavy (non-hydrogen) atoms. The SMILES string of the molecule is CC1(OCC(=O)O)CN(C(=O)c2cnc(NC(=O)OCC3c4ccccc4-c4ccccc43)s2)C1. The summed E-state index contributed by atoms with van der Waals surface area (Å²) < 4.78 is 10.9. The molecule has 0 saturated carbocycles. The zero-order chi connectivity index (χ0) is 24.6. The van der Waals surface area contributed by atoms with Gasteiger partial charge in [-0.1, -0.05) is 59.9 Å². The van der Waals surface area contributed by atoms with Gasteiger partial charge in [-0.25, -0.2) is 14.6 Å². The number of carboxylic acids is 1. The highest BCUT2D eigenvalue weighted by atomic mass is 32.1. The Balaban J connectivity index is 1.16. The summed E-state index contributed by atoms with van der Waals surface area (Å²) in [5.41, 5.74) is 3.86. The quantitative estimate of drug-likeness (QED) is 0.514. The van der Waals surface area contributed by atoms with Crippen LogP contribution in [-0.2, 0) is 14.3 Å². The Kier molecular flexibility index (Phi) is 6.00. The number of carboxylic acid groups (broad SMARTS) is 1.